The van der Waals surface area contributed by atoms with E-state index in [1.54, 1.807) is 43.3 Å². The van der Waals surface area contributed by atoms with E-state index in [-0.39, 0.29) is 9.79 Å². The Morgan fingerprint density at radius 3 is 2.38 bits per heavy atom. The second-order valence-corrected chi connectivity index (χ2v) is 6.63. The largest absolute Gasteiger partial charge is 0.421 e. The van der Waals surface area contributed by atoms with E-state index < -0.39 is 15.5 Å². The third-order valence-electron chi connectivity index (χ3n) is 3.27. The second kappa shape index (κ2) is 4.86. The van der Waals surface area contributed by atoms with Crippen LogP contribution in [0.15, 0.2) is 73.6 Å². The van der Waals surface area contributed by atoms with Gasteiger partial charge in [-0.25, -0.2) is 13.2 Å². The minimum absolute atomic E-state index is 0.0734. The van der Waals surface area contributed by atoms with Gasteiger partial charge in [0.05, 0.1) is 4.90 Å². The Labute approximate surface area is 121 Å². The monoisotopic (exact) mass is 300 g/mol. The predicted octanol–water partition coefficient (Wildman–Crippen LogP) is 2.93. The lowest BCUT2D eigenvalue weighted by atomic mass is 10.1. The topological polar surface area (TPSA) is 64.3 Å². The van der Waals surface area contributed by atoms with Gasteiger partial charge in [0.25, 0.3) is 0 Å². The molecular weight excluding hydrogens is 288 g/mol. The van der Waals surface area contributed by atoms with Gasteiger partial charge < -0.3 is 4.42 Å². The zero-order valence-corrected chi connectivity index (χ0v) is 12.1. The van der Waals surface area contributed by atoms with Gasteiger partial charge in [0.15, 0.2) is 4.90 Å². The zero-order valence-electron chi connectivity index (χ0n) is 11.2. The molecule has 0 aliphatic carbocycles. The van der Waals surface area contributed by atoms with Crippen molar-refractivity contribution in [3.8, 4) is 0 Å². The van der Waals surface area contributed by atoms with Crippen molar-refractivity contribution in [2.75, 3.05) is 0 Å². The number of hydrogen-bond donors (Lipinski definition) is 0. The first-order valence-electron chi connectivity index (χ1n) is 6.34. The lowest BCUT2D eigenvalue weighted by Crippen LogP contribution is -2.14. The fraction of sp³-hybridized carbons (Fsp3) is 0.0625. The van der Waals surface area contributed by atoms with Gasteiger partial charge in [-0.05, 0) is 30.7 Å². The smallest absolute Gasteiger partial charge is 0.355 e. The number of hydrogen-bond acceptors (Lipinski definition) is 4. The third kappa shape index (κ3) is 2.25. The average Bonchev–Trinajstić information content (AvgIpc) is 2.48. The third-order valence-corrected chi connectivity index (χ3v) is 5.02. The lowest BCUT2D eigenvalue weighted by molar-refractivity contribution is 0.531. The van der Waals surface area contributed by atoms with Crippen LogP contribution in [0.4, 0.5) is 0 Å². The molecule has 0 unspecified atom stereocenters. The van der Waals surface area contributed by atoms with Crippen molar-refractivity contribution in [3.63, 3.8) is 0 Å². The molecule has 5 heteroatoms. The summed E-state index contributed by atoms with van der Waals surface area (Å²) < 4.78 is 30.2. The van der Waals surface area contributed by atoms with E-state index in [1.165, 1.54) is 18.2 Å². The van der Waals surface area contributed by atoms with Crippen LogP contribution >= 0.6 is 0 Å². The molecule has 0 aliphatic rings. The van der Waals surface area contributed by atoms with Crippen LogP contribution in [0.25, 0.3) is 11.0 Å². The molecule has 3 aromatic rings. The quantitative estimate of drug-likeness (QED) is 0.683. The van der Waals surface area contributed by atoms with Crippen molar-refractivity contribution < 1.29 is 12.8 Å². The summed E-state index contributed by atoms with van der Waals surface area (Å²) in [6.45, 7) is 1.80. The van der Waals surface area contributed by atoms with E-state index in [0.29, 0.717) is 11.0 Å². The summed E-state index contributed by atoms with van der Waals surface area (Å²) in [5.74, 6) is 0. The molecule has 0 atom stereocenters. The fourth-order valence-corrected chi connectivity index (χ4v) is 3.50. The van der Waals surface area contributed by atoms with Gasteiger partial charge in [-0.2, -0.15) is 0 Å². The lowest BCUT2D eigenvalue weighted by Gasteiger charge is -2.05. The van der Waals surface area contributed by atoms with Gasteiger partial charge in [0.2, 0.25) is 9.84 Å². The molecule has 1 aromatic heterocycles. The molecule has 0 saturated carbocycles. The molecule has 0 fully saturated rings. The average molecular weight is 300 g/mol. The van der Waals surface area contributed by atoms with Crippen LogP contribution in [-0.4, -0.2) is 8.42 Å². The van der Waals surface area contributed by atoms with Crippen LogP contribution in [0, 0.1) is 6.92 Å². The molecule has 0 bridgehead atoms. The van der Waals surface area contributed by atoms with Crippen LogP contribution in [-0.2, 0) is 9.84 Å². The number of sulfone groups is 1. The Morgan fingerprint density at radius 2 is 1.67 bits per heavy atom. The first-order valence-corrected chi connectivity index (χ1v) is 7.82. The van der Waals surface area contributed by atoms with E-state index in [0.717, 1.165) is 5.56 Å². The maximum Gasteiger partial charge on any atom is 0.355 e. The first-order chi connectivity index (χ1) is 10.00. The summed E-state index contributed by atoms with van der Waals surface area (Å²) in [4.78, 5) is 11.8. The van der Waals surface area contributed by atoms with Gasteiger partial charge in [-0.1, -0.05) is 36.4 Å². The van der Waals surface area contributed by atoms with Gasteiger partial charge >= 0.3 is 5.63 Å². The Kier molecular flexibility index (Phi) is 3.14. The molecular formula is C16H12O4S. The molecule has 0 spiro atoms. The Morgan fingerprint density at radius 1 is 0.952 bits per heavy atom. The molecule has 106 valence electrons. The first kappa shape index (κ1) is 13.6. The summed E-state index contributed by atoms with van der Waals surface area (Å²) in [7, 11) is -3.88. The van der Waals surface area contributed by atoms with Gasteiger partial charge in [-0.15, -0.1) is 0 Å². The SMILES string of the molecule is Cc1cccc2cc(S(=O)(=O)c3ccccc3)c(=O)oc12. The molecule has 2 aromatic carbocycles. The number of para-hydroxylation sites is 1. The van der Waals surface area contributed by atoms with E-state index in [9.17, 15) is 13.2 Å². The highest BCUT2D eigenvalue weighted by Crippen LogP contribution is 2.23. The van der Waals surface area contributed by atoms with Crippen LogP contribution in [0.5, 0.6) is 0 Å². The highest BCUT2D eigenvalue weighted by molar-refractivity contribution is 7.91. The highest BCUT2D eigenvalue weighted by atomic mass is 32.2. The summed E-state index contributed by atoms with van der Waals surface area (Å²) in [5.41, 5.74) is 0.350. The van der Waals surface area contributed by atoms with Crippen LogP contribution in [0.1, 0.15) is 5.56 Å². The van der Waals surface area contributed by atoms with Crippen LogP contribution < -0.4 is 5.63 Å². The zero-order chi connectivity index (χ0) is 15.0. The fourth-order valence-electron chi connectivity index (χ4n) is 2.19. The highest BCUT2D eigenvalue weighted by Gasteiger charge is 2.23. The van der Waals surface area contributed by atoms with Crippen molar-refractivity contribution in [1.82, 2.24) is 0 Å². The van der Waals surface area contributed by atoms with Crippen LogP contribution in [0.2, 0.25) is 0 Å². The van der Waals surface area contributed by atoms with E-state index >= 15 is 0 Å². The number of benzene rings is 2. The van der Waals surface area contributed by atoms with Crippen molar-refractivity contribution in [3.05, 3.63) is 70.6 Å². The summed E-state index contributed by atoms with van der Waals surface area (Å²) >= 11 is 0. The maximum atomic E-state index is 12.5. The molecule has 0 aliphatic heterocycles. The van der Waals surface area contributed by atoms with Gasteiger partial charge in [0.1, 0.15) is 5.58 Å². The predicted molar refractivity (Wildman–Crippen MR) is 79.1 cm³/mol. The van der Waals surface area contributed by atoms with E-state index in [1.807, 2.05) is 0 Å². The van der Waals surface area contributed by atoms with Gasteiger partial charge in [0, 0.05) is 5.39 Å². The molecule has 21 heavy (non-hydrogen) atoms. The molecule has 0 amide bonds. The molecule has 3 rings (SSSR count). The number of fused-ring (bicyclic) bond motifs is 1. The van der Waals surface area contributed by atoms with Crippen molar-refractivity contribution in [2.24, 2.45) is 0 Å². The molecule has 0 saturated heterocycles. The number of aryl methyl sites for hydroxylation is 1. The summed E-state index contributed by atoms with van der Waals surface area (Å²) in [6.07, 6.45) is 0. The van der Waals surface area contributed by atoms with E-state index in [4.69, 9.17) is 4.42 Å². The second-order valence-electron chi connectivity index (χ2n) is 4.71. The van der Waals surface area contributed by atoms with Crippen molar-refractivity contribution in [1.29, 1.82) is 0 Å². The van der Waals surface area contributed by atoms with Gasteiger partial charge in [-0.3, -0.25) is 0 Å². The van der Waals surface area contributed by atoms with Crippen LogP contribution in [0.3, 0.4) is 0 Å². The maximum absolute atomic E-state index is 12.5. The molecule has 0 radical (unpaired) electrons. The Bertz CT molecular complexity index is 970. The van der Waals surface area contributed by atoms with Crippen molar-refractivity contribution in [2.45, 2.75) is 16.7 Å². The van der Waals surface area contributed by atoms with Crippen molar-refractivity contribution >= 4 is 20.8 Å². The molecule has 1 heterocycles. The summed E-state index contributed by atoms with van der Waals surface area (Å²) in [5, 5.41) is 0.587. The minimum Gasteiger partial charge on any atom is -0.421 e. The minimum atomic E-state index is -3.88. The Balaban J connectivity index is 2.31. The Hall–Kier alpha value is -2.40. The standard InChI is InChI=1S/C16H12O4S/c1-11-6-5-7-12-10-14(16(17)20-15(11)12)21(18,19)13-8-3-2-4-9-13/h2-10H,1H3. The molecule has 4 nitrogen and oxygen atoms in total. The van der Waals surface area contributed by atoms with E-state index in [2.05, 4.69) is 0 Å². The molecule has 0 N–H and O–H groups in total. The number of rotatable bonds is 2. The summed E-state index contributed by atoms with van der Waals surface area (Å²) in [6, 6.07) is 14.5. The normalized spacial score (nSPS) is 11.7.